The molecule has 2 heterocycles. The summed E-state index contributed by atoms with van der Waals surface area (Å²) in [7, 11) is 0. The third-order valence-corrected chi connectivity index (χ3v) is 4.65. The molecule has 0 aliphatic heterocycles. The molecule has 1 amide bonds. The Hall–Kier alpha value is -2.32. The Balaban J connectivity index is 1.61. The van der Waals surface area contributed by atoms with Gasteiger partial charge in [0, 0.05) is 6.54 Å². The van der Waals surface area contributed by atoms with E-state index in [2.05, 4.69) is 15.5 Å². The van der Waals surface area contributed by atoms with Gasteiger partial charge in [0.2, 0.25) is 5.91 Å². The van der Waals surface area contributed by atoms with E-state index in [9.17, 15) is 9.18 Å². The van der Waals surface area contributed by atoms with Crippen LogP contribution in [0.4, 0.5) is 4.39 Å². The molecule has 0 spiro atoms. The second-order valence-electron chi connectivity index (χ2n) is 5.11. The minimum Gasteiger partial charge on any atom is -0.354 e. The minimum absolute atomic E-state index is 0.0693. The Morgan fingerprint density at radius 1 is 1.33 bits per heavy atom. The number of nitrogens with zero attached hydrogens (tertiary/aromatic N) is 2. The van der Waals surface area contributed by atoms with Gasteiger partial charge in [-0.1, -0.05) is 24.3 Å². The summed E-state index contributed by atoms with van der Waals surface area (Å²) in [5.74, 6) is 0.185. The first kappa shape index (κ1) is 16.5. The number of thiophene rings is 1. The summed E-state index contributed by atoms with van der Waals surface area (Å²) >= 11 is 6.72. The first-order valence-corrected chi connectivity index (χ1v) is 8.63. The molecule has 5 nitrogen and oxygen atoms in total. The Morgan fingerprint density at radius 3 is 2.92 bits per heavy atom. The molecule has 8 heteroatoms. The van der Waals surface area contributed by atoms with Crippen molar-refractivity contribution in [3.8, 4) is 10.7 Å². The zero-order valence-electron chi connectivity index (χ0n) is 12.7. The topological polar surface area (TPSA) is 62.7 Å². The summed E-state index contributed by atoms with van der Waals surface area (Å²) in [6.45, 7) is 0.430. The van der Waals surface area contributed by atoms with Gasteiger partial charge in [0.15, 0.2) is 10.6 Å². The molecule has 124 valence electrons. The quantitative estimate of drug-likeness (QED) is 0.662. The molecule has 1 aromatic carbocycles. The molecule has 2 N–H and O–H groups in total. The highest BCUT2D eigenvalue weighted by Gasteiger charge is 2.13. The molecule has 0 aliphatic rings. The van der Waals surface area contributed by atoms with E-state index in [1.165, 1.54) is 17.4 Å². The Kier molecular flexibility index (Phi) is 5.17. The van der Waals surface area contributed by atoms with Gasteiger partial charge in [-0.25, -0.2) is 4.39 Å². The van der Waals surface area contributed by atoms with Crippen LogP contribution in [0.25, 0.3) is 10.7 Å². The zero-order chi connectivity index (χ0) is 16.9. The summed E-state index contributed by atoms with van der Waals surface area (Å²) < 4.78 is 15.6. The molecule has 0 saturated heterocycles. The lowest BCUT2D eigenvalue weighted by molar-refractivity contribution is -0.121. The number of hydrogen-bond acceptors (Lipinski definition) is 4. The van der Waals surface area contributed by atoms with Crippen LogP contribution in [0.3, 0.4) is 0 Å². The third kappa shape index (κ3) is 3.77. The average molecular weight is 362 g/mol. The van der Waals surface area contributed by atoms with Crippen LogP contribution >= 0.6 is 23.6 Å². The summed E-state index contributed by atoms with van der Waals surface area (Å²) in [6, 6.07) is 10.4. The second kappa shape index (κ2) is 7.50. The molecule has 0 radical (unpaired) electrons. The predicted octanol–water partition coefficient (Wildman–Crippen LogP) is 3.17. The van der Waals surface area contributed by atoms with Gasteiger partial charge >= 0.3 is 0 Å². The van der Waals surface area contributed by atoms with Gasteiger partial charge in [0.25, 0.3) is 0 Å². The number of halogens is 1. The third-order valence-electron chi connectivity index (χ3n) is 3.48. The lowest BCUT2D eigenvalue weighted by Gasteiger charge is -2.08. The largest absolute Gasteiger partial charge is 0.354 e. The molecular weight excluding hydrogens is 347 g/mol. The van der Waals surface area contributed by atoms with Gasteiger partial charge in [-0.05, 0) is 41.7 Å². The van der Waals surface area contributed by atoms with Crippen molar-refractivity contribution in [2.45, 2.75) is 13.0 Å². The summed E-state index contributed by atoms with van der Waals surface area (Å²) in [5, 5.41) is 11.6. The van der Waals surface area contributed by atoms with Crippen molar-refractivity contribution in [2.24, 2.45) is 0 Å². The predicted molar refractivity (Wildman–Crippen MR) is 93.8 cm³/mol. The van der Waals surface area contributed by atoms with Crippen LogP contribution in [-0.2, 0) is 17.8 Å². The molecule has 24 heavy (non-hydrogen) atoms. The van der Waals surface area contributed by atoms with Crippen molar-refractivity contribution < 1.29 is 9.18 Å². The van der Waals surface area contributed by atoms with Crippen LogP contribution in [0.2, 0.25) is 0 Å². The van der Waals surface area contributed by atoms with Gasteiger partial charge < -0.3 is 5.32 Å². The fourth-order valence-corrected chi connectivity index (χ4v) is 3.21. The van der Waals surface area contributed by atoms with E-state index >= 15 is 0 Å². The van der Waals surface area contributed by atoms with E-state index in [0.717, 1.165) is 4.88 Å². The lowest BCUT2D eigenvalue weighted by Crippen LogP contribution is -2.29. The van der Waals surface area contributed by atoms with Gasteiger partial charge in [-0.15, -0.1) is 11.3 Å². The van der Waals surface area contributed by atoms with E-state index in [1.807, 2.05) is 17.5 Å². The van der Waals surface area contributed by atoms with Crippen LogP contribution in [-0.4, -0.2) is 27.2 Å². The van der Waals surface area contributed by atoms with E-state index in [1.54, 1.807) is 22.8 Å². The molecule has 3 aromatic rings. The Labute approximate surface area is 147 Å². The SMILES string of the molecule is O=C(Cn1c(-c2cccs2)n[nH]c1=S)NCCc1ccccc1F. The highest BCUT2D eigenvalue weighted by molar-refractivity contribution is 7.71. The average Bonchev–Trinajstić information content (AvgIpc) is 3.20. The molecule has 0 fully saturated rings. The zero-order valence-corrected chi connectivity index (χ0v) is 14.3. The number of rotatable bonds is 6. The molecule has 0 unspecified atom stereocenters. The number of amides is 1. The molecule has 0 aliphatic carbocycles. The normalized spacial score (nSPS) is 10.7. The summed E-state index contributed by atoms with van der Waals surface area (Å²) in [5.41, 5.74) is 0.581. The van der Waals surface area contributed by atoms with Crippen molar-refractivity contribution >= 4 is 29.5 Å². The number of nitrogens with one attached hydrogen (secondary N) is 2. The van der Waals surface area contributed by atoms with Crippen LogP contribution in [0.15, 0.2) is 41.8 Å². The number of benzene rings is 1. The first-order valence-electron chi connectivity index (χ1n) is 7.34. The van der Waals surface area contributed by atoms with Crippen LogP contribution in [0.1, 0.15) is 5.56 Å². The van der Waals surface area contributed by atoms with Crippen molar-refractivity contribution in [3.63, 3.8) is 0 Å². The van der Waals surface area contributed by atoms with Crippen molar-refractivity contribution in [3.05, 3.63) is 57.9 Å². The number of aromatic nitrogens is 3. The Bertz CT molecular complexity index is 886. The molecule has 3 rings (SSSR count). The van der Waals surface area contributed by atoms with Crippen molar-refractivity contribution in [1.82, 2.24) is 20.1 Å². The minimum atomic E-state index is -0.260. The fourth-order valence-electron chi connectivity index (χ4n) is 2.30. The summed E-state index contributed by atoms with van der Waals surface area (Å²) in [4.78, 5) is 13.1. The highest BCUT2D eigenvalue weighted by Crippen LogP contribution is 2.22. The van der Waals surface area contributed by atoms with Crippen molar-refractivity contribution in [2.75, 3.05) is 6.54 Å². The van der Waals surface area contributed by atoms with Crippen LogP contribution in [0, 0.1) is 10.6 Å². The van der Waals surface area contributed by atoms with Gasteiger partial charge in [-0.3, -0.25) is 14.5 Å². The first-order chi connectivity index (χ1) is 11.6. The number of H-pyrrole nitrogens is 1. The highest BCUT2D eigenvalue weighted by atomic mass is 32.1. The number of carbonyl (C=O) groups is 1. The molecule has 0 bridgehead atoms. The van der Waals surface area contributed by atoms with E-state index in [0.29, 0.717) is 29.1 Å². The van der Waals surface area contributed by atoms with E-state index in [4.69, 9.17) is 12.2 Å². The molecular formula is C16H15FN4OS2. The second-order valence-corrected chi connectivity index (χ2v) is 6.44. The number of hydrogen-bond donors (Lipinski definition) is 2. The van der Waals surface area contributed by atoms with E-state index < -0.39 is 0 Å². The lowest BCUT2D eigenvalue weighted by atomic mass is 10.1. The van der Waals surface area contributed by atoms with Crippen LogP contribution in [0.5, 0.6) is 0 Å². The maximum Gasteiger partial charge on any atom is 0.240 e. The van der Waals surface area contributed by atoms with Crippen molar-refractivity contribution in [1.29, 1.82) is 0 Å². The number of aromatic amines is 1. The maximum atomic E-state index is 13.5. The van der Waals surface area contributed by atoms with Crippen LogP contribution < -0.4 is 5.32 Å². The standard InChI is InChI=1S/C16H15FN4OS2/c17-12-5-2-1-4-11(12)7-8-18-14(22)10-21-15(19-20-16(21)23)13-6-3-9-24-13/h1-6,9H,7-8,10H2,(H,18,22)(H,20,23). The smallest absolute Gasteiger partial charge is 0.240 e. The molecule has 0 atom stereocenters. The molecule has 2 aromatic heterocycles. The fraction of sp³-hybridized carbons (Fsp3) is 0.188. The van der Waals surface area contributed by atoms with E-state index in [-0.39, 0.29) is 18.3 Å². The molecule has 0 saturated carbocycles. The Morgan fingerprint density at radius 2 is 2.17 bits per heavy atom. The maximum absolute atomic E-state index is 13.5. The monoisotopic (exact) mass is 362 g/mol. The van der Waals surface area contributed by atoms with Gasteiger partial charge in [-0.2, -0.15) is 5.10 Å². The van der Waals surface area contributed by atoms with Gasteiger partial charge in [0.05, 0.1) is 4.88 Å². The van der Waals surface area contributed by atoms with Gasteiger partial charge in [0.1, 0.15) is 12.4 Å². The summed E-state index contributed by atoms with van der Waals surface area (Å²) in [6.07, 6.45) is 0.437. The number of carbonyl (C=O) groups excluding carboxylic acids is 1.